The van der Waals surface area contributed by atoms with Crippen LogP contribution < -0.4 is 10.9 Å². The predicted molar refractivity (Wildman–Crippen MR) is 105 cm³/mol. The second-order valence-electron chi connectivity index (χ2n) is 6.02. The van der Waals surface area contributed by atoms with Crippen molar-refractivity contribution in [3.8, 4) is 0 Å². The highest BCUT2D eigenvalue weighted by Crippen LogP contribution is 2.18. The van der Waals surface area contributed by atoms with Crippen molar-refractivity contribution >= 4 is 28.6 Å². The van der Waals surface area contributed by atoms with Crippen molar-refractivity contribution in [3.05, 3.63) is 71.0 Å². The Morgan fingerprint density at radius 2 is 1.93 bits per heavy atom. The standard InChI is InChI=1S/C20H20FN3O2S/c21-15-6-8-16(9-7-15)27-13-3-11-22-19(25)10-12-24-14-23-18-5-2-1-4-17(18)20(24)26/h1-2,4-9,14H,3,10-13H2,(H,22,25). The van der Waals surface area contributed by atoms with Crippen molar-refractivity contribution in [3.63, 3.8) is 0 Å². The summed E-state index contributed by atoms with van der Waals surface area (Å²) >= 11 is 1.62. The van der Waals surface area contributed by atoms with Gasteiger partial charge in [0.05, 0.1) is 17.2 Å². The Morgan fingerprint density at radius 1 is 1.15 bits per heavy atom. The summed E-state index contributed by atoms with van der Waals surface area (Å²) in [7, 11) is 0. The van der Waals surface area contributed by atoms with Gasteiger partial charge < -0.3 is 5.32 Å². The van der Waals surface area contributed by atoms with Gasteiger partial charge in [-0.3, -0.25) is 14.2 Å². The predicted octanol–water partition coefficient (Wildman–Crippen LogP) is 3.22. The van der Waals surface area contributed by atoms with Gasteiger partial charge in [0.2, 0.25) is 5.91 Å². The van der Waals surface area contributed by atoms with E-state index in [0.29, 0.717) is 24.0 Å². The summed E-state index contributed by atoms with van der Waals surface area (Å²) in [5.41, 5.74) is 0.519. The smallest absolute Gasteiger partial charge is 0.261 e. The number of amides is 1. The van der Waals surface area contributed by atoms with E-state index in [1.165, 1.54) is 23.0 Å². The summed E-state index contributed by atoms with van der Waals surface area (Å²) in [6, 6.07) is 13.5. The largest absolute Gasteiger partial charge is 0.356 e. The Bertz CT molecular complexity index is 973. The number of para-hydroxylation sites is 1. The molecule has 0 spiro atoms. The molecule has 0 bridgehead atoms. The van der Waals surface area contributed by atoms with Crippen LogP contribution in [0.1, 0.15) is 12.8 Å². The fourth-order valence-corrected chi connectivity index (χ4v) is 3.45. The Hall–Kier alpha value is -2.67. The minimum absolute atomic E-state index is 0.0955. The monoisotopic (exact) mass is 385 g/mol. The number of halogens is 1. The van der Waals surface area contributed by atoms with Crippen LogP contribution in [0.5, 0.6) is 0 Å². The van der Waals surface area contributed by atoms with Gasteiger partial charge in [0.25, 0.3) is 5.56 Å². The Labute approximate surface area is 160 Å². The molecule has 0 aliphatic heterocycles. The Balaban J connectivity index is 1.39. The van der Waals surface area contributed by atoms with Crippen molar-refractivity contribution in [2.75, 3.05) is 12.3 Å². The van der Waals surface area contributed by atoms with Crippen LogP contribution in [-0.4, -0.2) is 27.8 Å². The van der Waals surface area contributed by atoms with Gasteiger partial charge in [0.15, 0.2) is 0 Å². The van der Waals surface area contributed by atoms with Crippen molar-refractivity contribution in [2.45, 2.75) is 24.3 Å². The number of fused-ring (bicyclic) bond motifs is 1. The number of carbonyl (C=O) groups is 1. The van der Waals surface area contributed by atoms with Crippen molar-refractivity contribution in [2.24, 2.45) is 0 Å². The first-order valence-corrected chi connectivity index (χ1v) is 9.71. The molecule has 3 rings (SSSR count). The van der Waals surface area contributed by atoms with Crippen LogP contribution in [0.4, 0.5) is 4.39 Å². The molecular weight excluding hydrogens is 365 g/mol. The molecule has 7 heteroatoms. The molecule has 0 unspecified atom stereocenters. The molecule has 27 heavy (non-hydrogen) atoms. The molecule has 0 saturated heterocycles. The molecule has 1 aromatic heterocycles. The third kappa shape index (κ3) is 5.40. The van der Waals surface area contributed by atoms with Crippen LogP contribution in [0.3, 0.4) is 0 Å². The molecule has 0 aliphatic carbocycles. The quantitative estimate of drug-likeness (QED) is 0.478. The van der Waals surface area contributed by atoms with Gasteiger partial charge in [-0.2, -0.15) is 0 Å². The molecule has 140 valence electrons. The molecular formula is C20H20FN3O2S. The number of hydrogen-bond acceptors (Lipinski definition) is 4. The minimum Gasteiger partial charge on any atom is -0.356 e. The highest BCUT2D eigenvalue weighted by molar-refractivity contribution is 7.99. The van der Waals surface area contributed by atoms with Gasteiger partial charge in [0, 0.05) is 24.4 Å². The van der Waals surface area contributed by atoms with Gasteiger partial charge in [-0.1, -0.05) is 12.1 Å². The Kier molecular flexibility index (Phi) is 6.59. The van der Waals surface area contributed by atoms with Crippen LogP contribution in [0, 0.1) is 5.82 Å². The third-order valence-electron chi connectivity index (χ3n) is 4.04. The summed E-state index contributed by atoms with van der Waals surface area (Å²) in [6.07, 6.45) is 2.52. The SMILES string of the molecule is O=C(CCn1cnc2ccccc2c1=O)NCCCSc1ccc(F)cc1. The van der Waals surface area contributed by atoms with E-state index < -0.39 is 0 Å². The molecule has 5 nitrogen and oxygen atoms in total. The van der Waals surface area contributed by atoms with Crippen molar-refractivity contribution in [1.82, 2.24) is 14.9 Å². The van der Waals surface area contributed by atoms with Gasteiger partial charge in [-0.25, -0.2) is 9.37 Å². The number of aryl methyl sites for hydroxylation is 1. The zero-order valence-corrected chi connectivity index (χ0v) is 15.5. The summed E-state index contributed by atoms with van der Waals surface area (Å²) in [5, 5.41) is 3.41. The van der Waals surface area contributed by atoms with E-state index in [2.05, 4.69) is 10.3 Å². The average molecular weight is 385 g/mol. The van der Waals surface area contributed by atoms with E-state index >= 15 is 0 Å². The number of aromatic nitrogens is 2. The van der Waals surface area contributed by atoms with Crippen LogP contribution in [-0.2, 0) is 11.3 Å². The second-order valence-corrected chi connectivity index (χ2v) is 7.18. The number of hydrogen-bond donors (Lipinski definition) is 1. The van der Waals surface area contributed by atoms with Gasteiger partial charge >= 0.3 is 0 Å². The first-order chi connectivity index (χ1) is 13.1. The van der Waals surface area contributed by atoms with E-state index in [-0.39, 0.29) is 23.7 Å². The van der Waals surface area contributed by atoms with Crippen LogP contribution in [0.15, 0.2) is 64.5 Å². The van der Waals surface area contributed by atoms with Crippen molar-refractivity contribution < 1.29 is 9.18 Å². The van der Waals surface area contributed by atoms with E-state index in [0.717, 1.165) is 17.1 Å². The lowest BCUT2D eigenvalue weighted by molar-refractivity contribution is -0.121. The lowest BCUT2D eigenvalue weighted by atomic mass is 10.2. The maximum Gasteiger partial charge on any atom is 0.261 e. The molecule has 1 heterocycles. The van der Waals surface area contributed by atoms with E-state index in [1.807, 2.05) is 6.07 Å². The summed E-state index contributed by atoms with van der Waals surface area (Å²) in [6.45, 7) is 0.866. The lowest BCUT2D eigenvalue weighted by Gasteiger charge is -2.08. The fourth-order valence-electron chi connectivity index (χ4n) is 2.60. The highest BCUT2D eigenvalue weighted by Gasteiger charge is 2.06. The van der Waals surface area contributed by atoms with Crippen LogP contribution in [0.2, 0.25) is 0 Å². The van der Waals surface area contributed by atoms with E-state index in [1.54, 1.807) is 42.1 Å². The fraction of sp³-hybridized carbons (Fsp3) is 0.250. The molecule has 1 amide bonds. The number of nitrogens with zero attached hydrogens (tertiary/aromatic N) is 2. The van der Waals surface area contributed by atoms with Crippen LogP contribution in [0.25, 0.3) is 10.9 Å². The van der Waals surface area contributed by atoms with Gasteiger partial charge in [-0.15, -0.1) is 11.8 Å². The summed E-state index contributed by atoms with van der Waals surface area (Å²) in [4.78, 5) is 29.6. The maximum absolute atomic E-state index is 12.8. The molecule has 2 aromatic carbocycles. The molecule has 0 fully saturated rings. The first-order valence-electron chi connectivity index (χ1n) is 8.73. The summed E-state index contributed by atoms with van der Waals surface area (Å²) < 4.78 is 14.3. The molecule has 0 atom stereocenters. The minimum atomic E-state index is -0.243. The zero-order valence-electron chi connectivity index (χ0n) is 14.7. The number of thioether (sulfide) groups is 1. The molecule has 3 aromatic rings. The number of benzene rings is 2. The van der Waals surface area contributed by atoms with Gasteiger partial charge in [-0.05, 0) is 48.6 Å². The van der Waals surface area contributed by atoms with E-state index in [4.69, 9.17) is 0 Å². The highest BCUT2D eigenvalue weighted by atomic mass is 32.2. The maximum atomic E-state index is 12.8. The third-order valence-corrected chi connectivity index (χ3v) is 5.14. The first kappa shape index (κ1) is 19.1. The number of carbonyl (C=O) groups excluding carboxylic acids is 1. The second kappa shape index (κ2) is 9.32. The Morgan fingerprint density at radius 3 is 2.74 bits per heavy atom. The van der Waals surface area contributed by atoms with Crippen molar-refractivity contribution in [1.29, 1.82) is 0 Å². The number of rotatable bonds is 8. The molecule has 0 radical (unpaired) electrons. The molecule has 0 saturated carbocycles. The molecule has 1 N–H and O–H groups in total. The van der Waals surface area contributed by atoms with Crippen LogP contribution >= 0.6 is 11.8 Å². The van der Waals surface area contributed by atoms with E-state index in [9.17, 15) is 14.0 Å². The number of nitrogens with one attached hydrogen (secondary N) is 1. The molecule has 0 aliphatic rings. The topological polar surface area (TPSA) is 64.0 Å². The summed E-state index contributed by atoms with van der Waals surface area (Å²) in [5.74, 6) is 0.495. The average Bonchev–Trinajstić information content (AvgIpc) is 2.69. The normalized spacial score (nSPS) is 10.9. The lowest BCUT2D eigenvalue weighted by Crippen LogP contribution is -2.28. The van der Waals surface area contributed by atoms with Gasteiger partial charge in [0.1, 0.15) is 5.82 Å². The zero-order chi connectivity index (χ0) is 19.1.